The monoisotopic (exact) mass is 725 g/mol. The molecule has 52 heavy (non-hydrogen) atoms. The molecule has 0 radical (unpaired) electrons. The highest BCUT2D eigenvalue weighted by Crippen LogP contribution is 2.13. The van der Waals surface area contributed by atoms with Crippen LogP contribution in [0.2, 0.25) is 0 Å². The molecule has 298 valence electrons. The van der Waals surface area contributed by atoms with Crippen molar-refractivity contribution < 1.29 is 23.8 Å². The third-order valence-corrected chi connectivity index (χ3v) is 8.76. The number of rotatable bonds is 38. The smallest absolute Gasteiger partial charge is 0.306 e. The number of unbranched alkanes of at least 4 members (excludes halogenated alkanes) is 15. The normalized spacial score (nSPS) is 12.9. The minimum Gasteiger partial charge on any atom is -0.462 e. The van der Waals surface area contributed by atoms with Crippen molar-refractivity contribution in [2.24, 2.45) is 0 Å². The molecule has 1 unspecified atom stereocenters. The van der Waals surface area contributed by atoms with E-state index in [4.69, 9.17) is 14.2 Å². The SMILES string of the molecule is CC/C=C\C/C=C\C/C=C\C/C=C\C/C=C\C/C=C\CCCOCC(COC(=O)CCCCCCCCCCCCC)OC(=O)CCCCCCC. The Hall–Kier alpha value is -2.66. The lowest BCUT2D eigenvalue weighted by Crippen LogP contribution is -2.30. The average Bonchev–Trinajstić information content (AvgIpc) is 3.14. The molecule has 0 aliphatic heterocycles. The molecule has 5 heteroatoms. The lowest BCUT2D eigenvalue weighted by molar-refractivity contribution is -0.163. The van der Waals surface area contributed by atoms with Crippen molar-refractivity contribution in [2.75, 3.05) is 19.8 Å². The summed E-state index contributed by atoms with van der Waals surface area (Å²) in [5.41, 5.74) is 0. The highest BCUT2D eigenvalue weighted by atomic mass is 16.6. The highest BCUT2D eigenvalue weighted by molar-refractivity contribution is 5.70. The largest absolute Gasteiger partial charge is 0.462 e. The summed E-state index contributed by atoms with van der Waals surface area (Å²) in [5, 5.41) is 0. The molecule has 0 amide bonds. The van der Waals surface area contributed by atoms with Gasteiger partial charge in [-0.1, -0.05) is 184 Å². The van der Waals surface area contributed by atoms with E-state index in [2.05, 4.69) is 93.7 Å². The van der Waals surface area contributed by atoms with Gasteiger partial charge < -0.3 is 14.2 Å². The number of hydrogen-bond acceptors (Lipinski definition) is 5. The van der Waals surface area contributed by atoms with Gasteiger partial charge in [-0.05, 0) is 64.2 Å². The second kappa shape index (κ2) is 42.8. The molecule has 0 aliphatic carbocycles. The van der Waals surface area contributed by atoms with E-state index in [0.717, 1.165) is 83.5 Å². The third-order valence-electron chi connectivity index (χ3n) is 8.76. The van der Waals surface area contributed by atoms with Crippen molar-refractivity contribution >= 4 is 11.9 Å². The lowest BCUT2D eigenvalue weighted by atomic mass is 10.1. The maximum absolute atomic E-state index is 12.5. The Bertz CT molecular complexity index is 957. The summed E-state index contributed by atoms with van der Waals surface area (Å²) in [5.74, 6) is -0.446. The van der Waals surface area contributed by atoms with Crippen LogP contribution in [0.25, 0.3) is 0 Å². The van der Waals surface area contributed by atoms with Crippen molar-refractivity contribution in [3.8, 4) is 0 Å². The molecular formula is C47H80O5. The van der Waals surface area contributed by atoms with Crippen LogP contribution in [0.3, 0.4) is 0 Å². The van der Waals surface area contributed by atoms with Crippen LogP contribution in [0.1, 0.15) is 188 Å². The van der Waals surface area contributed by atoms with E-state index in [-0.39, 0.29) is 25.2 Å². The highest BCUT2D eigenvalue weighted by Gasteiger charge is 2.17. The molecule has 1 atom stereocenters. The van der Waals surface area contributed by atoms with Gasteiger partial charge >= 0.3 is 11.9 Å². The number of ether oxygens (including phenoxy) is 3. The number of esters is 2. The Balaban J connectivity index is 4.19. The van der Waals surface area contributed by atoms with Crippen LogP contribution >= 0.6 is 0 Å². The number of carbonyl (C=O) groups excluding carboxylic acids is 2. The van der Waals surface area contributed by atoms with E-state index in [1.807, 2.05) is 0 Å². The van der Waals surface area contributed by atoms with Crippen LogP contribution in [0.4, 0.5) is 0 Å². The summed E-state index contributed by atoms with van der Waals surface area (Å²) in [6.45, 7) is 7.48. The Labute approximate surface area is 321 Å². The minimum absolute atomic E-state index is 0.0611. The summed E-state index contributed by atoms with van der Waals surface area (Å²) in [7, 11) is 0. The second-order valence-corrected chi connectivity index (χ2v) is 13.9. The molecule has 0 saturated heterocycles. The topological polar surface area (TPSA) is 61.8 Å². The summed E-state index contributed by atoms with van der Waals surface area (Å²) in [4.78, 5) is 24.9. The minimum atomic E-state index is -0.560. The fourth-order valence-electron chi connectivity index (χ4n) is 5.58. The zero-order valence-corrected chi connectivity index (χ0v) is 34.1. The average molecular weight is 725 g/mol. The second-order valence-electron chi connectivity index (χ2n) is 13.9. The molecule has 0 aromatic carbocycles. The third kappa shape index (κ3) is 40.1. The van der Waals surface area contributed by atoms with Gasteiger partial charge in [0, 0.05) is 19.4 Å². The summed E-state index contributed by atoms with van der Waals surface area (Å²) in [6.07, 6.45) is 53.6. The number of hydrogen-bond donors (Lipinski definition) is 0. The van der Waals surface area contributed by atoms with Crippen LogP contribution in [0.15, 0.2) is 72.9 Å². The van der Waals surface area contributed by atoms with E-state index in [1.54, 1.807) is 0 Å². The maximum Gasteiger partial charge on any atom is 0.306 e. The first-order valence-corrected chi connectivity index (χ1v) is 21.5. The van der Waals surface area contributed by atoms with Crippen LogP contribution in [0, 0.1) is 0 Å². The molecule has 0 aromatic rings. The molecular weight excluding hydrogens is 645 g/mol. The van der Waals surface area contributed by atoms with Gasteiger partial charge in [-0.15, -0.1) is 0 Å². The van der Waals surface area contributed by atoms with Gasteiger partial charge in [-0.2, -0.15) is 0 Å². The van der Waals surface area contributed by atoms with Gasteiger partial charge in [-0.3, -0.25) is 9.59 Å². The maximum atomic E-state index is 12.5. The first-order chi connectivity index (χ1) is 25.6. The van der Waals surface area contributed by atoms with Gasteiger partial charge in [0.15, 0.2) is 6.10 Å². The molecule has 0 heterocycles. The van der Waals surface area contributed by atoms with Crippen LogP contribution in [0.5, 0.6) is 0 Å². The van der Waals surface area contributed by atoms with Crippen LogP contribution < -0.4 is 0 Å². The van der Waals surface area contributed by atoms with E-state index in [1.165, 1.54) is 70.6 Å². The molecule has 0 rings (SSSR count). The zero-order chi connectivity index (χ0) is 37.8. The molecule has 0 fully saturated rings. The van der Waals surface area contributed by atoms with E-state index >= 15 is 0 Å². The zero-order valence-electron chi connectivity index (χ0n) is 34.1. The number of allylic oxidation sites excluding steroid dienone is 12. The summed E-state index contributed by atoms with van der Waals surface area (Å²) in [6, 6.07) is 0. The van der Waals surface area contributed by atoms with Crippen molar-refractivity contribution in [3.05, 3.63) is 72.9 Å². The van der Waals surface area contributed by atoms with Crippen LogP contribution in [-0.2, 0) is 23.8 Å². The Morgan fingerprint density at radius 2 is 0.846 bits per heavy atom. The Morgan fingerprint density at radius 3 is 1.31 bits per heavy atom. The molecule has 0 aromatic heterocycles. The van der Waals surface area contributed by atoms with Gasteiger partial charge in [-0.25, -0.2) is 0 Å². The molecule has 0 N–H and O–H groups in total. The van der Waals surface area contributed by atoms with Gasteiger partial charge in [0.25, 0.3) is 0 Å². The first kappa shape index (κ1) is 49.3. The quantitative estimate of drug-likeness (QED) is 0.0360. The molecule has 0 saturated carbocycles. The predicted molar refractivity (Wildman–Crippen MR) is 224 cm³/mol. The van der Waals surface area contributed by atoms with Crippen molar-refractivity contribution in [1.82, 2.24) is 0 Å². The van der Waals surface area contributed by atoms with Crippen molar-refractivity contribution in [2.45, 2.75) is 194 Å². The van der Waals surface area contributed by atoms with E-state index in [9.17, 15) is 9.59 Å². The fraction of sp³-hybridized carbons (Fsp3) is 0.702. The fourth-order valence-corrected chi connectivity index (χ4v) is 5.58. The standard InChI is InChI=1S/C47H80O5/c1-4-7-10-13-15-17-19-20-21-22-23-24-25-26-27-29-31-33-36-39-42-50-43-45(52-47(49)41-38-34-12-9-6-3)44-51-46(48)40-37-35-32-30-28-18-16-14-11-8-5-2/h7,10,15,17,20-21,23-24,26-27,31,33,45H,4-6,8-9,11-14,16,18-19,22,25,28-30,32,34-44H2,1-3H3/b10-7-,17-15-,21-20-,24-23-,27-26-,33-31-. The Morgan fingerprint density at radius 1 is 0.442 bits per heavy atom. The van der Waals surface area contributed by atoms with Crippen LogP contribution in [-0.4, -0.2) is 37.9 Å². The van der Waals surface area contributed by atoms with E-state index < -0.39 is 6.10 Å². The Kier molecular flexibility index (Phi) is 40.6. The van der Waals surface area contributed by atoms with Crippen molar-refractivity contribution in [3.63, 3.8) is 0 Å². The summed E-state index contributed by atoms with van der Waals surface area (Å²) < 4.78 is 17.1. The molecule has 5 nitrogen and oxygen atoms in total. The summed E-state index contributed by atoms with van der Waals surface area (Å²) >= 11 is 0. The lowest BCUT2D eigenvalue weighted by Gasteiger charge is -2.18. The predicted octanol–water partition coefficient (Wildman–Crippen LogP) is 14.0. The molecule has 0 bridgehead atoms. The van der Waals surface area contributed by atoms with E-state index in [0.29, 0.717) is 19.4 Å². The van der Waals surface area contributed by atoms with Gasteiger partial charge in [0.1, 0.15) is 6.61 Å². The number of carbonyl (C=O) groups is 2. The van der Waals surface area contributed by atoms with Gasteiger partial charge in [0.05, 0.1) is 6.61 Å². The molecule has 0 aliphatic rings. The molecule has 0 spiro atoms. The first-order valence-electron chi connectivity index (χ1n) is 21.5. The van der Waals surface area contributed by atoms with Crippen molar-refractivity contribution in [1.29, 1.82) is 0 Å². The van der Waals surface area contributed by atoms with Gasteiger partial charge in [0.2, 0.25) is 0 Å².